The van der Waals surface area contributed by atoms with E-state index in [4.69, 9.17) is 0 Å². The zero-order valence-corrected chi connectivity index (χ0v) is 10.4. The van der Waals surface area contributed by atoms with Crippen LogP contribution in [0.2, 0.25) is 0 Å². The van der Waals surface area contributed by atoms with Gasteiger partial charge in [0.15, 0.2) is 11.5 Å². The van der Waals surface area contributed by atoms with Gasteiger partial charge in [0.25, 0.3) is 0 Å². The molecule has 0 aliphatic carbocycles. The number of alkyl halides is 3. The first kappa shape index (κ1) is 14.3. The van der Waals surface area contributed by atoms with Gasteiger partial charge >= 0.3 is 6.18 Å². The van der Waals surface area contributed by atoms with Gasteiger partial charge in [-0.15, -0.1) is 0 Å². The average Bonchev–Trinajstić information content (AvgIpc) is 2.78. The Kier molecular flexibility index (Phi) is 4.52. The topological polar surface area (TPSA) is 42.2 Å². The summed E-state index contributed by atoms with van der Waals surface area (Å²) in [6.07, 6.45) is -0.635. The Bertz CT molecular complexity index is 457. The third kappa shape index (κ3) is 3.12. The standard InChI is InChI=1S/C11H15F3N4/c1-4-5-8(15-2)10(16-3)18-7-6-9(17-18)11(12,13)14/h5-7,15H,4H2,1-3H3/b8-5+,16-10?. The minimum absolute atomic E-state index is 0.342. The first-order valence-corrected chi connectivity index (χ1v) is 5.42. The fraction of sp³-hybridized carbons (Fsp3) is 0.455. The van der Waals surface area contributed by atoms with E-state index in [2.05, 4.69) is 15.4 Å². The normalized spacial score (nSPS) is 13.9. The summed E-state index contributed by atoms with van der Waals surface area (Å²) in [7, 11) is 3.19. The van der Waals surface area contributed by atoms with E-state index in [0.717, 1.165) is 17.2 Å². The first-order valence-electron chi connectivity index (χ1n) is 5.42. The van der Waals surface area contributed by atoms with Crippen LogP contribution in [0.15, 0.2) is 29.0 Å². The molecule has 0 atom stereocenters. The molecule has 0 spiro atoms. The molecule has 1 rings (SSSR count). The Morgan fingerprint density at radius 3 is 2.61 bits per heavy atom. The van der Waals surface area contributed by atoms with Crippen LogP contribution in [0.25, 0.3) is 0 Å². The zero-order chi connectivity index (χ0) is 13.8. The lowest BCUT2D eigenvalue weighted by Gasteiger charge is -2.10. The number of aromatic nitrogens is 2. The van der Waals surface area contributed by atoms with Crippen molar-refractivity contribution in [2.24, 2.45) is 4.99 Å². The highest BCUT2D eigenvalue weighted by Crippen LogP contribution is 2.27. The van der Waals surface area contributed by atoms with Crippen LogP contribution in [-0.2, 0) is 6.18 Å². The summed E-state index contributed by atoms with van der Waals surface area (Å²) < 4.78 is 38.5. The largest absolute Gasteiger partial charge is 0.435 e. The van der Waals surface area contributed by atoms with Gasteiger partial charge in [0, 0.05) is 20.3 Å². The van der Waals surface area contributed by atoms with Crippen molar-refractivity contribution in [3.8, 4) is 0 Å². The predicted octanol–water partition coefficient (Wildman–Crippen LogP) is 2.29. The number of nitrogens with zero attached hydrogens (tertiary/aromatic N) is 3. The SMILES string of the molecule is CC/C=C(/NC)C(=NC)n1ccc(C(F)(F)F)n1. The van der Waals surface area contributed by atoms with Crippen LogP contribution >= 0.6 is 0 Å². The molecule has 18 heavy (non-hydrogen) atoms. The second-order valence-electron chi connectivity index (χ2n) is 3.47. The lowest BCUT2D eigenvalue weighted by molar-refractivity contribution is -0.141. The smallest absolute Gasteiger partial charge is 0.385 e. The van der Waals surface area contributed by atoms with E-state index in [1.165, 1.54) is 13.2 Å². The van der Waals surface area contributed by atoms with Gasteiger partial charge in [-0.3, -0.25) is 4.99 Å². The highest BCUT2D eigenvalue weighted by molar-refractivity contribution is 5.98. The Labute approximate surface area is 103 Å². The maximum Gasteiger partial charge on any atom is 0.435 e. The van der Waals surface area contributed by atoms with Crippen LogP contribution in [0.5, 0.6) is 0 Å². The zero-order valence-electron chi connectivity index (χ0n) is 10.4. The summed E-state index contributed by atoms with van der Waals surface area (Å²) in [5, 5.41) is 6.37. The fourth-order valence-electron chi connectivity index (χ4n) is 1.45. The number of hydrogen-bond donors (Lipinski definition) is 1. The molecule has 7 heteroatoms. The second-order valence-corrected chi connectivity index (χ2v) is 3.47. The lowest BCUT2D eigenvalue weighted by atomic mass is 10.3. The molecule has 0 saturated heterocycles. The first-order chi connectivity index (χ1) is 8.43. The van der Waals surface area contributed by atoms with Crippen molar-refractivity contribution in [2.75, 3.05) is 14.1 Å². The monoisotopic (exact) mass is 260 g/mol. The van der Waals surface area contributed by atoms with E-state index in [1.807, 2.05) is 13.0 Å². The van der Waals surface area contributed by atoms with Crippen molar-refractivity contribution in [3.05, 3.63) is 29.7 Å². The van der Waals surface area contributed by atoms with Crippen LogP contribution in [0, 0.1) is 0 Å². The molecule has 0 saturated carbocycles. The van der Waals surface area contributed by atoms with Crippen molar-refractivity contribution >= 4 is 5.84 Å². The molecule has 100 valence electrons. The maximum absolute atomic E-state index is 12.5. The molecule has 0 unspecified atom stereocenters. The van der Waals surface area contributed by atoms with Gasteiger partial charge in [-0.2, -0.15) is 18.3 Å². The van der Waals surface area contributed by atoms with Crippen LogP contribution in [0.4, 0.5) is 13.2 Å². The summed E-state index contributed by atoms with van der Waals surface area (Å²) in [5.74, 6) is 0.342. The number of halogens is 3. The molecule has 1 aromatic rings. The Morgan fingerprint density at radius 2 is 2.22 bits per heavy atom. The summed E-state index contributed by atoms with van der Waals surface area (Å²) in [5.41, 5.74) is -0.299. The molecular formula is C11H15F3N4. The van der Waals surface area contributed by atoms with E-state index in [-0.39, 0.29) is 0 Å². The Hall–Kier alpha value is -1.79. The van der Waals surface area contributed by atoms with E-state index in [1.54, 1.807) is 7.05 Å². The summed E-state index contributed by atoms with van der Waals surface area (Å²) in [4.78, 5) is 3.96. The molecule has 0 aliphatic rings. The van der Waals surface area contributed by atoms with Crippen LogP contribution < -0.4 is 5.32 Å². The Balaban J connectivity index is 3.12. The molecule has 4 nitrogen and oxygen atoms in total. The van der Waals surface area contributed by atoms with Crippen LogP contribution in [-0.4, -0.2) is 29.7 Å². The third-order valence-corrected chi connectivity index (χ3v) is 2.23. The van der Waals surface area contributed by atoms with Gasteiger partial charge < -0.3 is 5.32 Å². The van der Waals surface area contributed by atoms with Gasteiger partial charge in [-0.1, -0.05) is 13.0 Å². The van der Waals surface area contributed by atoms with Crippen LogP contribution in [0.1, 0.15) is 19.0 Å². The molecule has 0 radical (unpaired) electrons. The quantitative estimate of drug-likeness (QED) is 0.669. The molecule has 0 aliphatic heterocycles. The van der Waals surface area contributed by atoms with Crippen molar-refractivity contribution in [1.82, 2.24) is 15.1 Å². The average molecular weight is 260 g/mol. The lowest BCUT2D eigenvalue weighted by Crippen LogP contribution is -2.24. The minimum Gasteiger partial charge on any atom is -0.385 e. The molecule has 0 amide bonds. The van der Waals surface area contributed by atoms with E-state index >= 15 is 0 Å². The fourth-order valence-corrected chi connectivity index (χ4v) is 1.45. The third-order valence-electron chi connectivity index (χ3n) is 2.23. The van der Waals surface area contributed by atoms with Crippen molar-refractivity contribution in [2.45, 2.75) is 19.5 Å². The van der Waals surface area contributed by atoms with Crippen LogP contribution in [0.3, 0.4) is 0 Å². The van der Waals surface area contributed by atoms with Gasteiger partial charge in [-0.05, 0) is 12.5 Å². The van der Waals surface area contributed by atoms with E-state index < -0.39 is 11.9 Å². The summed E-state index contributed by atoms with van der Waals surface area (Å²) in [6.45, 7) is 1.93. The molecule has 0 bridgehead atoms. The second kappa shape index (κ2) is 5.70. The molecule has 0 fully saturated rings. The summed E-state index contributed by atoms with van der Waals surface area (Å²) >= 11 is 0. The van der Waals surface area contributed by atoms with Gasteiger partial charge in [0.2, 0.25) is 0 Å². The number of likely N-dealkylation sites (N-methyl/N-ethyl adjacent to an activating group) is 1. The van der Waals surface area contributed by atoms with E-state index in [9.17, 15) is 13.2 Å². The number of aliphatic imine (C=N–C) groups is 1. The number of hydrogen-bond acceptors (Lipinski definition) is 3. The number of rotatable bonds is 3. The predicted molar refractivity (Wildman–Crippen MR) is 63.4 cm³/mol. The number of allylic oxidation sites excluding steroid dienone is 2. The minimum atomic E-state index is -4.45. The number of nitrogens with one attached hydrogen (secondary N) is 1. The molecule has 1 N–H and O–H groups in total. The van der Waals surface area contributed by atoms with Crippen molar-refractivity contribution < 1.29 is 13.2 Å². The highest BCUT2D eigenvalue weighted by Gasteiger charge is 2.34. The van der Waals surface area contributed by atoms with Crippen molar-refractivity contribution in [1.29, 1.82) is 0 Å². The molecule has 0 aromatic carbocycles. The van der Waals surface area contributed by atoms with Crippen molar-refractivity contribution in [3.63, 3.8) is 0 Å². The highest BCUT2D eigenvalue weighted by atomic mass is 19.4. The summed E-state index contributed by atoms with van der Waals surface area (Å²) in [6, 6.07) is 0.921. The molecule has 1 heterocycles. The maximum atomic E-state index is 12.5. The molecular weight excluding hydrogens is 245 g/mol. The van der Waals surface area contributed by atoms with Gasteiger partial charge in [0.1, 0.15) is 0 Å². The van der Waals surface area contributed by atoms with E-state index in [0.29, 0.717) is 11.5 Å². The van der Waals surface area contributed by atoms with Gasteiger partial charge in [-0.25, -0.2) is 4.68 Å². The Morgan fingerprint density at radius 1 is 1.56 bits per heavy atom. The van der Waals surface area contributed by atoms with Gasteiger partial charge in [0.05, 0.1) is 5.70 Å². The molecule has 1 aromatic heterocycles.